The molecular weight excluding hydrogens is 324 g/mol. The van der Waals surface area contributed by atoms with Gasteiger partial charge in [0.2, 0.25) is 5.89 Å². The molecule has 4 aromatic rings. The molecule has 1 aromatic carbocycles. The van der Waals surface area contributed by atoms with Crippen molar-refractivity contribution in [1.82, 2.24) is 20.2 Å². The largest absolute Gasteiger partial charge is 0.440 e. The molecule has 6 nitrogen and oxygen atoms in total. The molecule has 0 atom stereocenters. The number of benzene rings is 1. The first-order chi connectivity index (χ1) is 11.7. The summed E-state index contributed by atoms with van der Waals surface area (Å²) in [5, 5.41) is 9.73. The van der Waals surface area contributed by atoms with Gasteiger partial charge in [0.15, 0.2) is 0 Å². The Balaban J connectivity index is 1.48. The van der Waals surface area contributed by atoms with E-state index in [-0.39, 0.29) is 0 Å². The number of thiophene rings is 1. The molecule has 0 aliphatic heterocycles. The van der Waals surface area contributed by atoms with Gasteiger partial charge in [-0.3, -0.25) is 4.90 Å². The number of aromatic nitrogens is 3. The SMILES string of the molecule is Cc1oc(-c2cccs2)nc1CN(C)Cc1ccc2nonc2c1. The molecule has 3 aromatic heterocycles. The Morgan fingerprint density at radius 1 is 1.12 bits per heavy atom. The van der Waals surface area contributed by atoms with Gasteiger partial charge >= 0.3 is 0 Å². The summed E-state index contributed by atoms with van der Waals surface area (Å²) in [7, 11) is 2.06. The van der Waals surface area contributed by atoms with Crippen LogP contribution in [0.5, 0.6) is 0 Å². The molecule has 0 saturated heterocycles. The van der Waals surface area contributed by atoms with Crippen molar-refractivity contribution in [3.63, 3.8) is 0 Å². The summed E-state index contributed by atoms with van der Waals surface area (Å²) in [5.41, 5.74) is 3.67. The molecular formula is C17H16N4O2S. The van der Waals surface area contributed by atoms with E-state index >= 15 is 0 Å². The van der Waals surface area contributed by atoms with E-state index in [1.807, 2.05) is 42.6 Å². The van der Waals surface area contributed by atoms with Crippen LogP contribution in [0.25, 0.3) is 21.8 Å². The van der Waals surface area contributed by atoms with Crippen LogP contribution >= 0.6 is 11.3 Å². The highest BCUT2D eigenvalue weighted by molar-refractivity contribution is 7.13. The molecule has 0 saturated carbocycles. The average molecular weight is 340 g/mol. The van der Waals surface area contributed by atoms with Crippen molar-refractivity contribution in [2.24, 2.45) is 0 Å². The van der Waals surface area contributed by atoms with Gasteiger partial charge in [0.25, 0.3) is 0 Å². The van der Waals surface area contributed by atoms with E-state index in [1.54, 1.807) is 11.3 Å². The predicted octanol–water partition coefficient (Wildman–Crippen LogP) is 3.88. The van der Waals surface area contributed by atoms with Crippen LogP contribution in [0.3, 0.4) is 0 Å². The molecule has 0 fully saturated rings. The summed E-state index contributed by atoms with van der Waals surface area (Å²) in [6.07, 6.45) is 0. The molecule has 3 heterocycles. The Bertz CT molecular complexity index is 958. The van der Waals surface area contributed by atoms with Gasteiger partial charge < -0.3 is 4.42 Å². The summed E-state index contributed by atoms with van der Waals surface area (Å²) in [6.45, 7) is 3.46. The van der Waals surface area contributed by atoms with Crippen molar-refractivity contribution in [3.8, 4) is 10.8 Å². The number of hydrogen-bond acceptors (Lipinski definition) is 7. The van der Waals surface area contributed by atoms with Crippen molar-refractivity contribution in [3.05, 3.63) is 52.7 Å². The summed E-state index contributed by atoms with van der Waals surface area (Å²) in [5.74, 6) is 1.56. The lowest BCUT2D eigenvalue weighted by Crippen LogP contribution is -2.18. The highest BCUT2D eigenvalue weighted by atomic mass is 32.1. The molecule has 122 valence electrons. The monoisotopic (exact) mass is 340 g/mol. The summed E-state index contributed by atoms with van der Waals surface area (Å²) < 4.78 is 10.5. The fraction of sp³-hybridized carbons (Fsp3) is 0.235. The van der Waals surface area contributed by atoms with Gasteiger partial charge in [-0.25, -0.2) is 9.61 Å². The zero-order chi connectivity index (χ0) is 16.5. The second kappa shape index (κ2) is 6.18. The van der Waals surface area contributed by atoms with E-state index in [4.69, 9.17) is 9.05 Å². The molecule has 0 aliphatic rings. The zero-order valence-electron chi connectivity index (χ0n) is 13.4. The van der Waals surface area contributed by atoms with Gasteiger partial charge in [0, 0.05) is 13.1 Å². The molecule has 0 aliphatic carbocycles. The smallest absolute Gasteiger partial charge is 0.236 e. The Hall–Kier alpha value is -2.51. The third-order valence-electron chi connectivity index (χ3n) is 3.81. The van der Waals surface area contributed by atoms with Crippen molar-refractivity contribution in [2.45, 2.75) is 20.0 Å². The fourth-order valence-electron chi connectivity index (χ4n) is 2.63. The summed E-state index contributed by atoms with van der Waals surface area (Å²) in [4.78, 5) is 7.88. The van der Waals surface area contributed by atoms with Crippen molar-refractivity contribution >= 4 is 22.4 Å². The highest BCUT2D eigenvalue weighted by Gasteiger charge is 2.14. The second-order valence-corrected chi connectivity index (χ2v) is 6.71. The normalized spacial score (nSPS) is 11.6. The van der Waals surface area contributed by atoms with E-state index in [2.05, 4.69) is 27.2 Å². The topological polar surface area (TPSA) is 68.2 Å². The molecule has 0 spiro atoms. The Morgan fingerprint density at radius 3 is 2.83 bits per heavy atom. The Kier molecular flexibility index (Phi) is 3.87. The lowest BCUT2D eigenvalue weighted by Gasteiger charge is -2.15. The van der Waals surface area contributed by atoms with Gasteiger partial charge in [0.1, 0.15) is 16.8 Å². The minimum absolute atomic E-state index is 0.695. The van der Waals surface area contributed by atoms with Crippen LogP contribution < -0.4 is 0 Å². The van der Waals surface area contributed by atoms with E-state index in [0.29, 0.717) is 5.89 Å². The van der Waals surface area contributed by atoms with E-state index in [9.17, 15) is 0 Å². The third-order valence-corrected chi connectivity index (χ3v) is 4.67. The fourth-order valence-corrected chi connectivity index (χ4v) is 3.28. The molecule has 0 unspecified atom stereocenters. The quantitative estimate of drug-likeness (QED) is 0.549. The van der Waals surface area contributed by atoms with Crippen LogP contribution in [0.15, 0.2) is 44.8 Å². The summed E-state index contributed by atoms with van der Waals surface area (Å²) in [6, 6.07) is 9.97. The van der Waals surface area contributed by atoms with Crippen LogP contribution in [0.4, 0.5) is 0 Å². The molecule has 24 heavy (non-hydrogen) atoms. The first-order valence-corrected chi connectivity index (χ1v) is 8.47. The molecule has 7 heteroatoms. The van der Waals surface area contributed by atoms with Crippen molar-refractivity contribution in [1.29, 1.82) is 0 Å². The van der Waals surface area contributed by atoms with Crippen LogP contribution in [0.2, 0.25) is 0 Å². The number of fused-ring (bicyclic) bond motifs is 1. The van der Waals surface area contributed by atoms with Crippen LogP contribution in [0.1, 0.15) is 17.0 Å². The number of rotatable bonds is 5. The molecule has 0 amide bonds. The standard InChI is InChI=1S/C17H16N4O2S/c1-11-15(18-17(22-11)16-4-3-7-24-16)10-21(2)9-12-5-6-13-14(8-12)20-23-19-13/h3-8H,9-10H2,1-2H3. The number of aryl methyl sites for hydroxylation is 1. The maximum Gasteiger partial charge on any atom is 0.236 e. The second-order valence-electron chi connectivity index (χ2n) is 5.76. The first kappa shape index (κ1) is 15.0. The molecule has 4 rings (SSSR count). The minimum atomic E-state index is 0.695. The zero-order valence-corrected chi connectivity index (χ0v) is 14.2. The lowest BCUT2D eigenvalue weighted by molar-refractivity contribution is 0.312. The van der Waals surface area contributed by atoms with Gasteiger partial charge in [-0.2, -0.15) is 0 Å². The van der Waals surface area contributed by atoms with E-state index in [1.165, 1.54) is 0 Å². The molecule has 0 radical (unpaired) electrons. The molecule has 0 N–H and O–H groups in total. The maximum absolute atomic E-state index is 5.80. The maximum atomic E-state index is 5.80. The van der Waals surface area contributed by atoms with Gasteiger partial charge in [-0.05, 0) is 53.4 Å². The van der Waals surface area contributed by atoms with Crippen LogP contribution in [0, 0.1) is 6.92 Å². The lowest BCUT2D eigenvalue weighted by atomic mass is 10.2. The van der Waals surface area contributed by atoms with Crippen molar-refractivity contribution in [2.75, 3.05) is 7.05 Å². The Labute approximate surface area is 142 Å². The Morgan fingerprint density at radius 2 is 2.00 bits per heavy atom. The number of oxazole rings is 1. The first-order valence-electron chi connectivity index (χ1n) is 7.59. The predicted molar refractivity (Wildman–Crippen MR) is 91.5 cm³/mol. The minimum Gasteiger partial charge on any atom is -0.440 e. The molecule has 0 bridgehead atoms. The van der Waals surface area contributed by atoms with E-state index < -0.39 is 0 Å². The van der Waals surface area contributed by atoms with E-state index in [0.717, 1.165) is 46.0 Å². The van der Waals surface area contributed by atoms with Crippen molar-refractivity contribution < 1.29 is 9.05 Å². The number of nitrogens with zero attached hydrogens (tertiary/aromatic N) is 4. The summed E-state index contributed by atoms with van der Waals surface area (Å²) >= 11 is 1.63. The van der Waals surface area contributed by atoms with Crippen LogP contribution in [-0.2, 0) is 13.1 Å². The van der Waals surface area contributed by atoms with Gasteiger partial charge in [-0.1, -0.05) is 12.1 Å². The highest BCUT2D eigenvalue weighted by Crippen LogP contribution is 2.26. The van der Waals surface area contributed by atoms with Gasteiger partial charge in [0.05, 0.1) is 10.6 Å². The van der Waals surface area contributed by atoms with Crippen LogP contribution in [-0.4, -0.2) is 27.2 Å². The average Bonchev–Trinajstić information content (AvgIpc) is 3.28. The number of hydrogen-bond donors (Lipinski definition) is 0. The third kappa shape index (κ3) is 2.95. The van der Waals surface area contributed by atoms with Gasteiger partial charge in [-0.15, -0.1) is 11.3 Å².